The van der Waals surface area contributed by atoms with Gasteiger partial charge in [0, 0.05) is 0 Å². The maximum Gasteiger partial charge on any atom is 2.00 e. The Hall–Kier alpha value is -0.442. The van der Waals surface area contributed by atoms with E-state index in [0.29, 0.717) is 5.75 Å². The molecule has 0 heterocycles. The summed E-state index contributed by atoms with van der Waals surface area (Å²) >= 11 is 3.91. The van der Waals surface area contributed by atoms with Gasteiger partial charge in [-0.3, -0.25) is 5.92 Å². The fraction of sp³-hybridized carbons (Fsp3) is 0.143. The third-order valence-corrected chi connectivity index (χ3v) is 1.33. The van der Waals surface area contributed by atoms with Crippen LogP contribution in [-0.4, -0.2) is 5.75 Å². The Kier molecular flexibility index (Phi) is 70.7. The smallest absolute Gasteiger partial charge is 0.0312 e. The number of allylic oxidation sites excluding steroid dienone is 1. The van der Waals surface area contributed by atoms with E-state index in [0.717, 1.165) is 5.57 Å². The minimum Gasteiger partial charge on any atom is -0.0312 e. The summed E-state index contributed by atoms with van der Waals surface area (Å²) in [6.45, 7) is 15.3. The summed E-state index contributed by atoms with van der Waals surface area (Å²) in [4.78, 5) is 0. The molecule has 1 rings (SSSR count). The Labute approximate surface area is 136 Å². The zero-order valence-electron chi connectivity index (χ0n) is 10.3. The maximum atomic E-state index is 7.50. The average molecular weight is 444 g/mol. The molecule has 0 saturated heterocycles. The first-order chi connectivity index (χ1) is 8.81. The number of thiol groups is 1. The molecule has 0 amide bonds. The molecule has 1 fully saturated rings. The van der Waals surface area contributed by atoms with E-state index < -0.39 is 0 Å². The van der Waals surface area contributed by atoms with Gasteiger partial charge in [-0.25, -0.2) is 0 Å². The normalized spacial score (nSPS) is 10.6. The topological polar surface area (TPSA) is 59.7 Å². The minimum absolute atomic E-state index is 0. The minimum atomic E-state index is 0. The Morgan fingerprint density at radius 3 is 1.37 bits per heavy atom. The van der Waals surface area contributed by atoms with Crippen LogP contribution in [0.4, 0.5) is 0 Å². The second-order valence-corrected chi connectivity index (χ2v) is 2.52. The van der Waals surface area contributed by atoms with Gasteiger partial charge < -0.3 is 6.42 Å². The summed E-state index contributed by atoms with van der Waals surface area (Å²) < 4.78 is 22.5. The third kappa shape index (κ3) is 46.5. The fourth-order valence-electron chi connectivity index (χ4n) is 0.509. The van der Waals surface area contributed by atoms with Crippen LogP contribution in [0.2, 0.25) is 0 Å². The summed E-state index contributed by atoms with van der Waals surface area (Å²) in [7, 11) is 0. The molecule has 5 heteroatoms. The van der Waals surface area contributed by atoms with E-state index in [9.17, 15) is 0 Å². The largest absolute Gasteiger partial charge is 2.00 e. The van der Waals surface area contributed by atoms with Gasteiger partial charge in [-0.1, -0.05) is 0 Å². The molecule has 19 heavy (non-hydrogen) atoms. The van der Waals surface area contributed by atoms with Crippen LogP contribution in [0.25, 0.3) is 0 Å². The standard InChI is InChI=1S/C6H7S.C5H5.3CO.W/c1-3-6(2)4-5-7;1-2-4-5-3-1;3*1-2;/h4,7H,5H2,2H3;1-5H;;;;/q-1;;;;;+2/b6-4-;;;;;. The predicted octanol–water partition coefficient (Wildman–Crippen LogP) is 2.36. The molecule has 5 radical (unpaired) electrons. The van der Waals surface area contributed by atoms with Crippen molar-refractivity contribution in [2.75, 3.05) is 5.75 Å². The van der Waals surface area contributed by atoms with Crippen molar-refractivity contribution in [3.05, 3.63) is 70.1 Å². The van der Waals surface area contributed by atoms with Crippen LogP contribution in [0, 0.1) is 64.4 Å². The zero-order valence-corrected chi connectivity index (χ0v) is 14.1. The molecule has 1 saturated carbocycles. The van der Waals surface area contributed by atoms with Crippen molar-refractivity contribution in [1.29, 1.82) is 0 Å². The van der Waals surface area contributed by atoms with E-state index in [1.54, 1.807) is 0 Å². The number of rotatable bonds is 1. The van der Waals surface area contributed by atoms with Crippen LogP contribution >= 0.6 is 12.6 Å². The molecule has 0 aromatic rings. The molecule has 0 aromatic carbocycles. The van der Waals surface area contributed by atoms with Crippen molar-refractivity contribution in [3.63, 3.8) is 0 Å². The number of hydrogen-bond donors (Lipinski definition) is 1. The molecule has 0 bridgehead atoms. The third-order valence-electron chi connectivity index (χ3n) is 1.15. The van der Waals surface area contributed by atoms with Gasteiger partial charge in [0.1, 0.15) is 0 Å². The van der Waals surface area contributed by atoms with Crippen LogP contribution in [0.5, 0.6) is 0 Å². The van der Waals surface area contributed by atoms with E-state index in [2.05, 4.69) is 38.5 Å². The summed E-state index contributed by atoms with van der Waals surface area (Å²) in [6.07, 6.45) is 18.4. The molecule has 0 N–H and O–H groups in total. The second-order valence-electron chi connectivity index (χ2n) is 2.16. The van der Waals surface area contributed by atoms with Gasteiger partial charge in [0.2, 0.25) is 0 Å². The quantitative estimate of drug-likeness (QED) is 0.280. The molecule has 1 aliphatic rings. The van der Waals surface area contributed by atoms with E-state index in [-0.39, 0.29) is 21.1 Å². The maximum absolute atomic E-state index is 7.50. The molecule has 0 atom stereocenters. The van der Waals surface area contributed by atoms with Gasteiger partial charge in [0.15, 0.2) is 0 Å². The molecular formula is C14H12O3SW+. The molecule has 1 aliphatic carbocycles. The predicted molar refractivity (Wildman–Crippen MR) is 68.0 cm³/mol. The van der Waals surface area contributed by atoms with Crippen molar-refractivity contribution in [2.45, 2.75) is 6.92 Å². The molecule has 0 spiro atoms. The van der Waals surface area contributed by atoms with Crippen molar-refractivity contribution in [3.8, 4) is 5.92 Å². The van der Waals surface area contributed by atoms with Crippen molar-refractivity contribution in [2.24, 2.45) is 0 Å². The first kappa shape index (κ1) is 31.1. The van der Waals surface area contributed by atoms with Crippen LogP contribution in [0.3, 0.4) is 0 Å². The molecule has 0 aliphatic heterocycles. The van der Waals surface area contributed by atoms with Crippen molar-refractivity contribution < 1.29 is 35.0 Å². The first-order valence-corrected chi connectivity index (χ1v) is 4.92. The summed E-state index contributed by atoms with van der Waals surface area (Å²) in [5.74, 6) is 2.92. The monoisotopic (exact) mass is 444 g/mol. The Bertz CT molecular complexity index is 249. The van der Waals surface area contributed by atoms with E-state index in [4.69, 9.17) is 20.4 Å². The molecule has 0 aromatic heterocycles. The average Bonchev–Trinajstić information content (AvgIpc) is 3.05. The Morgan fingerprint density at radius 2 is 1.26 bits per heavy atom. The second kappa shape index (κ2) is 43.2. The number of hydrogen-bond acceptors (Lipinski definition) is 1. The Morgan fingerprint density at radius 1 is 1.00 bits per heavy atom. The SMILES string of the molecule is [C-]#C/C(C)=C\CS.[C-]#[O+].[C-]#[O+].[C-]#[O+].[CH]1[CH][CH][CH][CH]1.[W+2]. The van der Waals surface area contributed by atoms with Gasteiger partial charge in [-0.15, -0.1) is 13.0 Å². The van der Waals surface area contributed by atoms with Crippen LogP contribution in [-0.2, 0) is 35.0 Å². The van der Waals surface area contributed by atoms with Gasteiger partial charge in [-0.2, -0.15) is 18.2 Å². The zero-order chi connectivity index (χ0) is 15.2. The molecule has 97 valence electrons. The van der Waals surface area contributed by atoms with Gasteiger partial charge >= 0.3 is 55.0 Å². The van der Waals surface area contributed by atoms with Crippen LogP contribution < -0.4 is 0 Å². The van der Waals surface area contributed by atoms with Crippen molar-refractivity contribution >= 4 is 12.6 Å². The van der Waals surface area contributed by atoms with Crippen LogP contribution in [0.15, 0.2) is 11.6 Å². The molecule has 0 unspecified atom stereocenters. The summed E-state index contributed by atoms with van der Waals surface area (Å²) in [6, 6.07) is 0. The Balaban J connectivity index is -0.0000000482. The van der Waals surface area contributed by atoms with Gasteiger partial charge in [0.05, 0.1) is 0 Å². The van der Waals surface area contributed by atoms with Crippen LogP contribution in [0.1, 0.15) is 6.92 Å². The molecule has 3 nitrogen and oxygen atoms in total. The van der Waals surface area contributed by atoms with Crippen molar-refractivity contribution in [1.82, 2.24) is 0 Å². The van der Waals surface area contributed by atoms with E-state index >= 15 is 0 Å². The molecular weight excluding hydrogens is 432 g/mol. The van der Waals surface area contributed by atoms with E-state index in [1.807, 2.05) is 45.1 Å². The van der Waals surface area contributed by atoms with Gasteiger partial charge in [0.25, 0.3) is 0 Å². The fourth-order valence-corrected chi connectivity index (χ4v) is 0.783. The first-order valence-electron chi connectivity index (χ1n) is 4.29. The summed E-state index contributed by atoms with van der Waals surface area (Å²) in [5.41, 5.74) is 0.843. The van der Waals surface area contributed by atoms with Gasteiger partial charge in [-0.05, 0) is 37.9 Å². The summed E-state index contributed by atoms with van der Waals surface area (Å²) in [5, 5.41) is 0. The van der Waals surface area contributed by atoms with E-state index in [1.165, 1.54) is 0 Å².